The minimum Gasteiger partial charge on any atom is -0.497 e. The standard InChI is InChI=1S/C16H22N2O2/c1-19-14-4-5-15-13(12-17-16(15)11-14)3-2-6-18-7-9-20-10-8-18/h4-5,11-12,17H,2-3,6-10H2,1H3. The second-order valence-electron chi connectivity index (χ2n) is 5.28. The summed E-state index contributed by atoms with van der Waals surface area (Å²) in [6.45, 7) is 5.07. The lowest BCUT2D eigenvalue weighted by Gasteiger charge is -2.26. The van der Waals surface area contributed by atoms with E-state index in [9.17, 15) is 0 Å². The maximum absolute atomic E-state index is 5.37. The summed E-state index contributed by atoms with van der Waals surface area (Å²) in [5, 5.41) is 1.31. The van der Waals surface area contributed by atoms with Crippen molar-refractivity contribution in [3.63, 3.8) is 0 Å². The van der Waals surface area contributed by atoms with Crippen LogP contribution in [0, 0.1) is 0 Å². The molecule has 108 valence electrons. The molecular formula is C16H22N2O2. The SMILES string of the molecule is COc1ccc2c(CCCN3CCOCC3)c[nH]c2c1. The lowest BCUT2D eigenvalue weighted by molar-refractivity contribution is 0.0375. The molecule has 2 heterocycles. The lowest BCUT2D eigenvalue weighted by Crippen LogP contribution is -2.36. The van der Waals surface area contributed by atoms with Crippen molar-refractivity contribution in [2.24, 2.45) is 0 Å². The topological polar surface area (TPSA) is 37.5 Å². The predicted molar refractivity (Wildman–Crippen MR) is 80.4 cm³/mol. The molecule has 1 aromatic heterocycles. The maximum atomic E-state index is 5.37. The summed E-state index contributed by atoms with van der Waals surface area (Å²) in [5.41, 5.74) is 2.56. The number of aromatic nitrogens is 1. The van der Waals surface area contributed by atoms with Gasteiger partial charge in [-0.05, 0) is 37.1 Å². The highest BCUT2D eigenvalue weighted by atomic mass is 16.5. The summed E-state index contributed by atoms with van der Waals surface area (Å²) in [5.74, 6) is 0.902. The predicted octanol–water partition coefficient (Wildman–Crippen LogP) is 2.44. The molecule has 0 unspecified atom stereocenters. The Morgan fingerprint density at radius 1 is 1.30 bits per heavy atom. The molecule has 0 amide bonds. The lowest BCUT2D eigenvalue weighted by atomic mass is 10.1. The average molecular weight is 274 g/mol. The molecule has 1 fully saturated rings. The van der Waals surface area contributed by atoms with Crippen molar-refractivity contribution in [3.8, 4) is 5.75 Å². The normalized spacial score (nSPS) is 16.6. The van der Waals surface area contributed by atoms with E-state index in [1.54, 1.807) is 7.11 Å². The highest BCUT2D eigenvalue weighted by Crippen LogP contribution is 2.24. The molecule has 1 aliphatic heterocycles. The van der Waals surface area contributed by atoms with Gasteiger partial charge in [0.05, 0.1) is 20.3 Å². The van der Waals surface area contributed by atoms with Crippen LogP contribution in [-0.2, 0) is 11.2 Å². The van der Waals surface area contributed by atoms with Gasteiger partial charge in [-0.15, -0.1) is 0 Å². The van der Waals surface area contributed by atoms with Crippen LogP contribution in [0.15, 0.2) is 24.4 Å². The number of methoxy groups -OCH3 is 1. The van der Waals surface area contributed by atoms with Gasteiger partial charge in [-0.1, -0.05) is 0 Å². The van der Waals surface area contributed by atoms with Crippen molar-refractivity contribution in [1.82, 2.24) is 9.88 Å². The van der Waals surface area contributed by atoms with Crippen molar-refractivity contribution in [1.29, 1.82) is 0 Å². The van der Waals surface area contributed by atoms with Crippen LogP contribution in [0.2, 0.25) is 0 Å². The number of nitrogens with one attached hydrogen (secondary N) is 1. The van der Waals surface area contributed by atoms with Crippen LogP contribution in [0.4, 0.5) is 0 Å². The van der Waals surface area contributed by atoms with Crippen molar-refractivity contribution >= 4 is 10.9 Å². The van der Waals surface area contributed by atoms with Crippen LogP contribution in [-0.4, -0.2) is 49.8 Å². The Hall–Kier alpha value is -1.52. The number of nitrogens with zero attached hydrogens (tertiary/aromatic N) is 1. The van der Waals surface area contributed by atoms with Gasteiger partial charge in [0, 0.05) is 36.3 Å². The number of fused-ring (bicyclic) bond motifs is 1. The molecule has 1 aromatic carbocycles. The maximum Gasteiger partial charge on any atom is 0.120 e. The first-order valence-corrected chi connectivity index (χ1v) is 7.31. The summed E-state index contributed by atoms with van der Waals surface area (Å²) in [7, 11) is 1.70. The highest BCUT2D eigenvalue weighted by Gasteiger charge is 2.10. The Morgan fingerprint density at radius 3 is 2.95 bits per heavy atom. The first kappa shape index (κ1) is 13.5. The van der Waals surface area contributed by atoms with Crippen LogP contribution in [0.5, 0.6) is 5.75 Å². The fourth-order valence-corrected chi connectivity index (χ4v) is 2.82. The zero-order chi connectivity index (χ0) is 13.8. The number of aromatic amines is 1. The number of morpholine rings is 1. The molecule has 2 aromatic rings. The van der Waals surface area contributed by atoms with Crippen molar-refractivity contribution in [2.45, 2.75) is 12.8 Å². The molecule has 0 spiro atoms. The first-order valence-electron chi connectivity index (χ1n) is 7.31. The zero-order valence-electron chi connectivity index (χ0n) is 12.0. The fourth-order valence-electron chi connectivity index (χ4n) is 2.82. The average Bonchev–Trinajstić information content (AvgIpc) is 2.91. The van der Waals surface area contributed by atoms with E-state index in [1.807, 2.05) is 6.07 Å². The summed E-state index contributed by atoms with van der Waals surface area (Å²) in [6, 6.07) is 6.23. The van der Waals surface area contributed by atoms with E-state index in [1.165, 1.54) is 17.4 Å². The Balaban J connectivity index is 1.59. The number of hydrogen-bond acceptors (Lipinski definition) is 3. The van der Waals surface area contributed by atoms with Gasteiger partial charge in [-0.3, -0.25) is 4.90 Å². The molecule has 4 heteroatoms. The minimum atomic E-state index is 0.882. The number of hydrogen-bond donors (Lipinski definition) is 1. The number of rotatable bonds is 5. The summed E-state index contributed by atoms with van der Waals surface area (Å²) < 4.78 is 10.6. The van der Waals surface area contributed by atoms with Crippen LogP contribution in [0.3, 0.4) is 0 Å². The second-order valence-corrected chi connectivity index (χ2v) is 5.28. The minimum absolute atomic E-state index is 0.882. The van der Waals surface area contributed by atoms with Gasteiger partial charge in [0.2, 0.25) is 0 Å². The molecule has 0 saturated carbocycles. The third-order valence-corrected chi connectivity index (χ3v) is 4.00. The van der Waals surface area contributed by atoms with Gasteiger partial charge in [0.15, 0.2) is 0 Å². The Morgan fingerprint density at radius 2 is 2.15 bits per heavy atom. The van der Waals surface area contributed by atoms with Crippen LogP contribution in [0.25, 0.3) is 10.9 Å². The third-order valence-electron chi connectivity index (χ3n) is 4.00. The largest absolute Gasteiger partial charge is 0.497 e. The summed E-state index contributed by atoms with van der Waals surface area (Å²) in [4.78, 5) is 5.83. The molecule has 1 N–H and O–H groups in total. The van der Waals surface area contributed by atoms with Gasteiger partial charge in [-0.25, -0.2) is 0 Å². The fraction of sp³-hybridized carbons (Fsp3) is 0.500. The van der Waals surface area contributed by atoms with Gasteiger partial charge in [0.1, 0.15) is 5.75 Å². The molecule has 1 saturated heterocycles. The van der Waals surface area contributed by atoms with E-state index in [2.05, 4.69) is 28.2 Å². The summed E-state index contributed by atoms with van der Waals surface area (Å²) in [6.07, 6.45) is 4.44. The highest BCUT2D eigenvalue weighted by molar-refractivity contribution is 5.84. The van der Waals surface area contributed by atoms with Crippen LogP contribution in [0.1, 0.15) is 12.0 Å². The zero-order valence-corrected chi connectivity index (χ0v) is 12.0. The van der Waals surface area contributed by atoms with E-state index in [-0.39, 0.29) is 0 Å². The van der Waals surface area contributed by atoms with E-state index < -0.39 is 0 Å². The van der Waals surface area contributed by atoms with Gasteiger partial charge >= 0.3 is 0 Å². The number of aryl methyl sites for hydroxylation is 1. The Bertz CT molecular complexity index is 559. The second kappa shape index (κ2) is 6.29. The molecule has 1 aliphatic rings. The molecule has 3 rings (SSSR count). The third kappa shape index (κ3) is 2.97. The smallest absolute Gasteiger partial charge is 0.120 e. The molecule has 4 nitrogen and oxygen atoms in total. The van der Waals surface area contributed by atoms with Crippen LogP contribution >= 0.6 is 0 Å². The first-order chi connectivity index (χ1) is 9.86. The molecule has 0 radical (unpaired) electrons. The van der Waals surface area contributed by atoms with Gasteiger partial charge < -0.3 is 14.5 Å². The number of ether oxygens (including phenoxy) is 2. The van der Waals surface area contributed by atoms with Crippen molar-refractivity contribution < 1.29 is 9.47 Å². The van der Waals surface area contributed by atoms with Gasteiger partial charge in [-0.2, -0.15) is 0 Å². The monoisotopic (exact) mass is 274 g/mol. The van der Waals surface area contributed by atoms with E-state index in [4.69, 9.17) is 9.47 Å². The van der Waals surface area contributed by atoms with Crippen LogP contribution < -0.4 is 4.74 Å². The van der Waals surface area contributed by atoms with E-state index in [0.717, 1.165) is 50.5 Å². The van der Waals surface area contributed by atoms with Crippen molar-refractivity contribution in [3.05, 3.63) is 30.0 Å². The summed E-state index contributed by atoms with van der Waals surface area (Å²) >= 11 is 0. The number of H-pyrrole nitrogens is 1. The van der Waals surface area contributed by atoms with Crippen molar-refractivity contribution in [2.75, 3.05) is 40.0 Å². The molecule has 0 aliphatic carbocycles. The molecule has 0 atom stereocenters. The van der Waals surface area contributed by atoms with E-state index in [0.29, 0.717) is 0 Å². The molecule has 0 bridgehead atoms. The quantitative estimate of drug-likeness (QED) is 0.910. The molecular weight excluding hydrogens is 252 g/mol. The number of benzene rings is 1. The molecule has 20 heavy (non-hydrogen) atoms. The van der Waals surface area contributed by atoms with E-state index >= 15 is 0 Å². The Labute approximate surface area is 119 Å². The van der Waals surface area contributed by atoms with Gasteiger partial charge in [0.25, 0.3) is 0 Å². The Kier molecular flexibility index (Phi) is 4.23.